The van der Waals surface area contributed by atoms with Crippen LogP contribution in [0.15, 0.2) is 18.3 Å². The summed E-state index contributed by atoms with van der Waals surface area (Å²) in [5, 5.41) is 13.8. The normalized spacial score (nSPS) is 11.6. The molecular weight excluding hydrogens is 176 g/mol. The van der Waals surface area contributed by atoms with E-state index in [1.54, 1.807) is 0 Å². The van der Waals surface area contributed by atoms with Gasteiger partial charge in [-0.15, -0.1) is 0 Å². The summed E-state index contributed by atoms with van der Waals surface area (Å²) in [4.78, 5) is 0. The molecule has 70 valence electrons. The van der Waals surface area contributed by atoms with Crippen molar-refractivity contribution in [1.29, 1.82) is 0 Å². The molecule has 0 amide bonds. The van der Waals surface area contributed by atoms with Gasteiger partial charge in [-0.3, -0.25) is 9.78 Å². The van der Waals surface area contributed by atoms with Crippen LogP contribution in [0.4, 0.5) is 0 Å². The lowest BCUT2D eigenvalue weighted by atomic mass is 10.1. The third-order valence-electron chi connectivity index (χ3n) is 2.66. The zero-order chi connectivity index (χ0) is 9.71. The maximum atomic E-state index is 4.22. The molecule has 4 heteroatoms. The van der Waals surface area contributed by atoms with E-state index in [0.717, 1.165) is 22.1 Å². The Hall–Kier alpha value is -1.84. The summed E-state index contributed by atoms with van der Waals surface area (Å²) in [6.07, 6.45) is 1.87. The van der Waals surface area contributed by atoms with Gasteiger partial charge in [0.2, 0.25) is 0 Å². The molecule has 1 aromatic carbocycles. The van der Waals surface area contributed by atoms with Crippen molar-refractivity contribution in [2.45, 2.75) is 6.92 Å². The largest absolute Gasteiger partial charge is 0.277 e. The number of fused-ring (bicyclic) bond motifs is 3. The number of H-pyrrole nitrogens is 1. The first-order chi connectivity index (χ1) is 6.77. The van der Waals surface area contributed by atoms with Crippen LogP contribution >= 0.6 is 0 Å². The summed E-state index contributed by atoms with van der Waals surface area (Å²) >= 11 is 0. The summed E-state index contributed by atoms with van der Waals surface area (Å²) in [5.74, 6) is 0. The molecule has 0 spiro atoms. The highest BCUT2D eigenvalue weighted by atomic mass is 15.2. The van der Waals surface area contributed by atoms with Crippen molar-refractivity contribution in [2.24, 2.45) is 7.05 Å². The number of nitrogens with one attached hydrogen (secondary N) is 1. The number of hydrogen-bond donors (Lipinski definition) is 1. The van der Waals surface area contributed by atoms with Crippen molar-refractivity contribution < 1.29 is 0 Å². The van der Waals surface area contributed by atoms with Gasteiger partial charge in [0.1, 0.15) is 0 Å². The molecule has 0 bridgehead atoms. The predicted molar refractivity (Wildman–Crippen MR) is 55.1 cm³/mol. The first-order valence-corrected chi connectivity index (χ1v) is 4.53. The van der Waals surface area contributed by atoms with Gasteiger partial charge in [-0.2, -0.15) is 10.2 Å². The van der Waals surface area contributed by atoms with Gasteiger partial charge in [0.25, 0.3) is 0 Å². The summed E-state index contributed by atoms with van der Waals surface area (Å²) in [6, 6.07) is 4.16. The molecule has 2 heterocycles. The molecule has 4 nitrogen and oxygen atoms in total. The van der Waals surface area contributed by atoms with Crippen molar-refractivity contribution in [3.8, 4) is 0 Å². The van der Waals surface area contributed by atoms with Crippen LogP contribution in [0, 0.1) is 6.92 Å². The lowest BCUT2D eigenvalue weighted by Crippen LogP contribution is -1.87. The van der Waals surface area contributed by atoms with E-state index in [4.69, 9.17) is 0 Å². The topological polar surface area (TPSA) is 46.5 Å². The predicted octanol–water partition coefficient (Wildman–Crippen LogP) is 1.76. The van der Waals surface area contributed by atoms with Crippen LogP contribution in [-0.4, -0.2) is 20.0 Å². The molecule has 0 fully saturated rings. The molecule has 0 radical (unpaired) electrons. The lowest BCUT2D eigenvalue weighted by molar-refractivity contribution is 0.797. The van der Waals surface area contributed by atoms with E-state index < -0.39 is 0 Å². The van der Waals surface area contributed by atoms with E-state index in [2.05, 4.69) is 27.4 Å². The quantitative estimate of drug-likeness (QED) is 0.581. The van der Waals surface area contributed by atoms with Crippen LogP contribution < -0.4 is 0 Å². The first kappa shape index (κ1) is 7.55. The number of aromatic amines is 1. The Morgan fingerprint density at radius 1 is 1.29 bits per heavy atom. The van der Waals surface area contributed by atoms with Gasteiger partial charge in [0.05, 0.1) is 22.9 Å². The molecule has 2 aromatic heterocycles. The zero-order valence-corrected chi connectivity index (χ0v) is 8.07. The van der Waals surface area contributed by atoms with E-state index >= 15 is 0 Å². The smallest absolute Gasteiger partial charge is 0.0763 e. The van der Waals surface area contributed by atoms with E-state index in [0.29, 0.717) is 0 Å². The average Bonchev–Trinajstić information content (AvgIpc) is 2.72. The summed E-state index contributed by atoms with van der Waals surface area (Å²) in [6.45, 7) is 2.00. The maximum absolute atomic E-state index is 4.22. The fourth-order valence-electron chi connectivity index (χ4n) is 1.85. The molecular formula is C10H10N4. The Labute approximate surface area is 80.5 Å². The van der Waals surface area contributed by atoms with E-state index in [-0.39, 0.29) is 0 Å². The third kappa shape index (κ3) is 0.775. The minimum absolute atomic E-state index is 1.03. The van der Waals surface area contributed by atoms with E-state index in [1.807, 2.05) is 24.9 Å². The fourth-order valence-corrected chi connectivity index (χ4v) is 1.85. The number of rotatable bonds is 0. The standard InChI is InChI=1S/C10H10N4/c1-6-7-3-4-9-8(5-11-14(9)2)10(7)13-12-6/h3-5H,1-2H3,(H,12,13). The molecule has 0 unspecified atom stereocenters. The van der Waals surface area contributed by atoms with Crippen LogP contribution in [0.2, 0.25) is 0 Å². The molecule has 0 aliphatic heterocycles. The van der Waals surface area contributed by atoms with Gasteiger partial charge in [0.15, 0.2) is 0 Å². The van der Waals surface area contributed by atoms with Gasteiger partial charge in [-0.1, -0.05) is 0 Å². The van der Waals surface area contributed by atoms with Gasteiger partial charge in [0, 0.05) is 17.8 Å². The van der Waals surface area contributed by atoms with Gasteiger partial charge in [-0.05, 0) is 19.1 Å². The van der Waals surface area contributed by atoms with Crippen molar-refractivity contribution in [3.63, 3.8) is 0 Å². The van der Waals surface area contributed by atoms with Crippen LogP contribution in [0.3, 0.4) is 0 Å². The SMILES string of the molecule is Cc1n[nH]c2c1ccc1c2cnn1C. The number of benzene rings is 1. The molecule has 14 heavy (non-hydrogen) atoms. The average molecular weight is 186 g/mol. The number of hydrogen-bond acceptors (Lipinski definition) is 2. The number of aromatic nitrogens is 4. The van der Waals surface area contributed by atoms with Crippen LogP contribution in [-0.2, 0) is 7.05 Å². The molecule has 0 saturated heterocycles. The van der Waals surface area contributed by atoms with E-state index in [1.165, 1.54) is 5.39 Å². The number of nitrogens with zero attached hydrogens (tertiary/aromatic N) is 3. The molecule has 0 atom stereocenters. The van der Waals surface area contributed by atoms with Crippen LogP contribution in [0.1, 0.15) is 5.69 Å². The number of aryl methyl sites for hydroxylation is 2. The van der Waals surface area contributed by atoms with Crippen molar-refractivity contribution in [2.75, 3.05) is 0 Å². The van der Waals surface area contributed by atoms with Crippen molar-refractivity contribution in [3.05, 3.63) is 24.0 Å². The molecule has 0 aliphatic carbocycles. The Morgan fingerprint density at radius 2 is 2.14 bits per heavy atom. The maximum Gasteiger partial charge on any atom is 0.0763 e. The van der Waals surface area contributed by atoms with Crippen LogP contribution in [0.5, 0.6) is 0 Å². The Bertz CT molecular complexity index is 562. The first-order valence-electron chi connectivity index (χ1n) is 4.53. The highest BCUT2D eigenvalue weighted by Gasteiger charge is 2.07. The van der Waals surface area contributed by atoms with Crippen molar-refractivity contribution in [1.82, 2.24) is 20.0 Å². The molecule has 0 saturated carbocycles. The van der Waals surface area contributed by atoms with Gasteiger partial charge in [-0.25, -0.2) is 0 Å². The molecule has 0 aliphatic rings. The second-order valence-corrected chi connectivity index (χ2v) is 3.50. The Morgan fingerprint density at radius 3 is 3.00 bits per heavy atom. The lowest BCUT2D eigenvalue weighted by Gasteiger charge is -1.94. The second-order valence-electron chi connectivity index (χ2n) is 3.50. The Balaban J connectivity index is 2.62. The summed E-state index contributed by atoms with van der Waals surface area (Å²) < 4.78 is 1.87. The minimum Gasteiger partial charge on any atom is -0.277 e. The zero-order valence-electron chi connectivity index (χ0n) is 8.07. The third-order valence-corrected chi connectivity index (χ3v) is 2.66. The highest BCUT2D eigenvalue weighted by Crippen LogP contribution is 2.24. The molecule has 3 rings (SSSR count). The second kappa shape index (κ2) is 2.35. The molecule has 1 N–H and O–H groups in total. The fraction of sp³-hybridized carbons (Fsp3) is 0.200. The van der Waals surface area contributed by atoms with Crippen LogP contribution in [0.25, 0.3) is 21.8 Å². The van der Waals surface area contributed by atoms with E-state index in [9.17, 15) is 0 Å². The Kier molecular flexibility index (Phi) is 1.27. The van der Waals surface area contributed by atoms with Crippen molar-refractivity contribution >= 4 is 21.8 Å². The summed E-state index contributed by atoms with van der Waals surface area (Å²) in [5.41, 5.74) is 3.24. The van der Waals surface area contributed by atoms with Gasteiger partial charge >= 0.3 is 0 Å². The van der Waals surface area contributed by atoms with Gasteiger partial charge < -0.3 is 0 Å². The highest BCUT2D eigenvalue weighted by molar-refractivity contribution is 6.04. The summed E-state index contributed by atoms with van der Waals surface area (Å²) in [7, 11) is 1.94. The minimum atomic E-state index is 1.03. The monoisotopic (exact) mass is 186 g/mol. The molecule has 3 aromatic rings.